The topological polar surface area (TPSA) is 30.2 Å². The third-order valence-electron chi connectivity index (χ3n) is 2.59. The van der Waals surface area contributed by atoms with E-state index >= 15 is 0 Å². The summed E-state index contributed by atoms with van der Waals surface area (Å²) in [5, 5.41) is 2.78. The number of benzene rings is 2. The molecule has 0 saturated heterocycles. The van der Waals surface area contributed by atoms with Crippen molar-refractivity contribution in [3.8, 4) is 0 Å². The fraction of sp³-hybridized carbons (Fsp3) is 0. The number of hydrogen-bond donors (Lipinski definition) is 0. The van der Waals surface area contributed by atoms with Crippen LogP contribution in [0.15, 0.2) is 51.7 Å². The third-order valence-corrected chi connectivity index (χ3v) is 2.91. The van der Waals surface area contributed by atoms with Crippen LogP contribution in [-0.4, -0.2) is 0 Å². The van der Waals surface area contributed by atoms with E-state index < -0.39 is 0 Å². The first-order valence-electron chi connectivity index (χ1n) is 4.87. The van der Waals surface area contributed by atoms with E-state index in [0.717, 1.165) is 10.8 Å². The van der Waals surface area contributed by atoms with E-state index in [1.54, 1.807) is 24.3 Å². The van der Waals surface area contributed by atoms with Crippen LogP contribution in [-0.2, 0) is 0 Å². The van der Waals surface area contributed by atoms with Crippen molar-refractivity contribution in [3.05, 3.63) is 57.9 Å². The van der Waals surface area contributed by atoms with Gasteiger partial charge >= 0.3 is 5.63 Å². The summed E-state index contributed by atoms with van der Waals surface area (Å²) in [4.78, 5) is 11.7. The van der Waals surface area contributed by atoms with Crippen LogP contribution < -0.4 is 5.63 Å². The van der Waals surface area contributed by atoms with Crippen molar-refractivity contribution >= 4 is 33.3 Å². The van der Waals surface area contributed by atoms with Gasteiger partial charge in [0.1, 0.15) is 5.58 Å². The second-order valence-corrected chi connectivity index (χ2v) is 3.96. The van der Waals surface area contributed by atoms with Crippen LogP contribution in [0.2, 0.25) is 5.02 Å². The van der Waals surface area contributed by atoms with Gasteiger partial charge in [-0.1, -0.05) is 35.9 Å². The molecule has 0 fully saturated rings. The molecule has 0 aliphatic rings. The van der Waals surface area contributed by atoms with Gasteiger partial charge in [0.25, 0.3) is 0 Å². The predicted molar refractivity (Wildman–Crippen MR) is 65.0 cm³/mol. The van der Waals surface area contributed by atoms with Crippen LogP contribution in [0.4, 0.5) is 0 Å². The average Bonchev–Trinajstić information content (AvgIpc) is 2.29. The van der Waals surface area contributed by atoms with Crippen LogP contribution >= 0.6 is 11.6 Å². The lowest BCUT2D eigenvalue weighted by Crippen LogP contribution is -1.99. The smallest absolute Gasteiger partial charge is 0.344 e. The summed E-state index contributed by atoms with van der Waals surface area (Å²) in [5.74, 6) is 0. The molecule has 1 aromatic heterocycles. The molecule has 3 aromatic rings. The molecule has 0 unspecified atom stereocenters. The van der Waals surface area contributed by atoms with Crippen LogP contribution in [0.5, 0.6) is 0 Å². The van der Waals surface area contributed by atoms with Crippen molar-refractivity contribution in [1.29, 1.82) is 0 Å². The molecule has 0 aliphatic heterocycles. The van der Waals surface area contributed by atoms with Gasteiger partial charge in [-0.05, 0) is 18.2 Å². The predicted octanol–water partition coefficient (Wildman–Crippen LogP) is 3.60. The maximum Gasteiger partial charge on any atom is 0.344 e. The summed E-state index contributed by atoms with van der Waals surface area (Å²) in [5.41, 5.74) is 0.196. The molecule has 0 N–H and O–H groups in total. The molecule has 0 spiro atoms. The maximum atomic E-state index is 11.7. The van der Waals surface area contributed by atoms with E-state index in [2.05, 4.69) is 0 Å². The average molecular weight is 231 g/mol. The highest BCUT2D eigenvalue weighted by molar-refractivity contribution is 6.37. The van der Waals surface area contributed by atoms with Crippen LogP contribution in [0.3, 0.4) is 0 Å². The SMILES string of the molecule is O=c1oc2cccc(Cl)c2c2ccccc12. The lowest BCUT2D eigenvalue weighted by atomic mass is 10.1. The number of fused-ring (bicyclic) bond motifs is 3. The molecule has 3 rings (SSSR count). The Morgan fingerprint density at radius 2 is 1.69 bits per heavy atom. The van der Waals surface area contributed by atoms with E-state index in [4.69, 9.17) is 16.0 Å². The normalized spacial score (nSPS) is 11.1. The molecule has 0 radical (unpaired) electrons. The molecular weight excluding hydrogens is 224 g/mol. The molecule has 0 bridgehead atoms. The van der Waals surface area contributed by atoms with Crippen molar-refractivity contribution in [3.63, 3.8) is 0 Å². The highest BCUT2D eigenvalue weighted by atomic mass is 35.5. The van der Waals surface area contributed by atoms with Crippen molar-refractivity contribution < 1.29 is 4.42 Å². The van der Waals surface area contributed by atoms with E-state index in [1.807, 2.05) is 18.2 Å². The van der Waals surface area contributed by atoms with Crippen molar-refractivity contribution in [2.24, 2.45) is 0 Å². The van der Waals surface area contributed by atoms with Gasteiger partial charge in [0.05, 0.1) is 10.4 Å². The van der Waals surface area contributed by atoms with Crippen molar-refractivity contribution in [2.75, 3.05) is 0 Å². The Morgan fingerprint density at radius 3 is 2.50 bits per heavy atom. The molecule has 0 atom stereocenters. The molecule has 0 amide bonds. The highest BCUT2D eigenvalue weighted by Crippen LogP contribution is 2.28. The van der Waals surface area contributed by atoms with E-state index in [-0.39, 0.29) is 5.63 Å². The Balaban J connectivity index is 2.72. The van der Waals surface area contributed by atoms with Crippen LogP contribution in [0.25, 0.3) is 21.7 Å². The summed E-state index contributed by atoms with van der Waals surface area (Å²) in [6.07, 6.45) is 0. The van der Waals surface area contributed by atoms with Crippen molar-refractivity contribution in [1.82, 2.24) is 0 Å². The quantitative estimate of drug-likeness (QED) is 0.436. The first-order valence-corrected chi connectivity index (χ1v) is 5.25. The Bertz CT molecular complexity index is 744. The summed E-state index contributed by atoms with van der Waals surface area (Å²) < 4.78 is 5.22. The first-order chi connectivity index (χ1) is 7.77. The minimum atomic E-state index is -0.328. The summed E-state index contributed by atoms with van der Waals surface area (Å²) >= 11 is 6.13. The van der Waals surface area contributed by atoms with Crippen LogP contribution in [0.1, 0.15) is 0 Å². The lowest BCUT2D eigenvalue weighted by Gasteiger charge is -2.03. The molecule has 0 saturated carbocycles. The summed E-state index contributed by atoms with van der Waals surface area (Å²) in [6, 6.07) is 12.6. The fourth-order valence-corrected chi connectivity index (χ4v) is 2.15. The van der Waals surface area contributed by atoms with Gasteiger partial charge in [-0.3, -0.25) is 0 Å². The Labute approximate surface area is 96.1 Å². The molecular formula is C13H7ClO2. The summed E-state index contributed by atoms with van der Waals surface area (Å²) in [6.45, 7) is 0. The summed E-state index contributed by atoms with van der Waals surface area (Å²) in [7, 11) is 0. The minimum absolute atomic E-state index is 0.328. The minimum Gasteiger partial charge on any atom is -0.422 e. The van der Waals surface area contributed by atoms with Gasteiger partial charge in [0.15, 0.2) is 0 Å². The first kappa shape index (κ1) is 9.43. The molecule has 0 aliphatic carbocycles. The van der Waals surface area contributed by atoms with E-state index in [9.17, 15) is 4.79 Å². The molecule has 3 heteroatoms. The van der Waals surface area contributed by atoms with Gasteiger partial charge in [0, 0.05) is 10.8 Å². The van der Waals surface area contributed by atoms with E-state index in [1.165, 1.54) is 0 Å². The largest absolute Gasteiger partial charge is 0.422 e. The van der Waals surface area contributed by atoms with Gasteiger partial charge in [-0.25, -0.2) is 4.79 Å². The van der Waals surface area contributed by atoms with Crippen molar-refractivity contribution in [2.45, 2.75) is 0 Å². The molecule has 16 heavy (non-hydrogen) atoms. The van der Waals surface area contributed by atoms with Gasteiger partial charge in [-0.2, -0.15) is 0 Å². The Morgan fingerprint density at radius 1 is 0.938 bits per heavy atom. The van der Waals surface area contributed by atoms with Gasteiger partial charge < -0.3 is 4.42 Å². The van der Waals surface area contributed by atoms with E-state index in [0.29, 0.717) is 16.0 Å². The Kier molecular flexibility index (Phi) is 1.98. The third kappa shape index (κ3) is 1.24. The number of hydrogen-bond acceptors (Lipinski definition) is 2. The number of halogens is 1. The lowest BCUT2D eigenvalue weighted by molar-refractivity contribution is 0.569. The molecule has 2 aromatic carbocycles. The zero-order chi connectivity index (χ0) is 11.1. The zero-order valence-corrected chi connectivity index (χ0v) is 8.99. The highest BCUT2D eigenvalue weighted by Gasteiger charge is 2.08. The van der Waals surface area contributed by atoms with Crippen LogP contribution in [0, 0.1) is 0 Å². The second kappa shape index (κ2) is 3.35. The van der Waals surface area contributed by atoms with Gasteiger partial charge in [-0.15, -0.1) is 0 Å². The molecule has 1 heterocycles. The molecule has 2 nitrogen and oxygen atoms in total. The Hall–Kier alpha value is -1.80. The maximum absolute atomic E-state index is 11.7. The van der Waals surface area contributed by atoms with Gasteiger partial charge in [0.2, 0.25) is 0 Å². The monoisotopic (exact) mass is 230 g/mol. The zero-order valence-electron chi connectivity index (χ0n) is 8.24. The second-order valence-electron chi connectivity index (χ2n) is 3.55. The standard InChI is InChI=1S/C13H7ClO2/c14-10-6-3-7-11-12(10)8-4-1-2-5-9(8)13(15)16-11/h1-7H. The molecule has 78 valence electrons. The number of rotatable bonds is 0. The fourth-order valence-electron chi connectivity index (χ4n) is 1.88.